The third-order valence-corrected chi connectivity index (χ3v) is 6.64. The largest absolute Gasteiger partial charge is 0.497 e. The first-order valence-electron chi connectivity index (χ1n) is 8.59. The molecule has 6 nitrogen and oxygen atoms in total. The molecule has 2 heterocycles. The smallest absolute Gasteiger partial charge is 0.262 e. The van der Waals surface area contributed by atoms with Crippen molar-refractivity contribution in [3.8, 4) is 5.75 Å². The number of hydrogen-bond acceptors (Lipinski definition) is 4. The number of imidazole rings is 1. The molecule has 0 unspecified atom stereocenters. The van der Waals surface area contributed by atoms with Crippen molar-refractivity contribution in [3.05, 3.63) is 41.9 Å². The first kappa shape index (κ1) is 17.9. The summed E-state index contributed by atoms with van der Waals surface area (Å²) in [6, 6.07) is 7.52. The van der Waals surface area contributed by atoms with Crippen molar-refractivity contribution in [1.82, 2.24) is 13.9 Å². The standard InChI is InChI=1S/C18H25N3O3S/c1-14-19-18(13-20(14)2)25(22,23)21-12-6-4-5-7-17(21)15-8-10-16(24-3)11-9-15/h8-11,13,17H,4-7,12H2,1-3H3/t17-/m1/s1. The van der Waals surface area contributed by atoms with Crippen molar-refractivity contribution >= 4 is 10.0 Å². The molecule has 0 radical (unpaired) electrons. The minimum Gasteiger partial charge on any atom is -0.497 e. The van der Waals surface area contributed by atoms with E-state index in [1.165, 1.54) is 0 Å². The van der Waals surface area contributed by atoms with Gasteiger partial charge in [-0.15, -0.1) is 0 Å². The van der Waals surface area contributed by atoms with Gasteiger partial charge in [0.05, 0.1) is 13.2 Å². The first-order valence-corrected chi connectivity index (χ1v) is 10.0. The molecule has 0 bridgehead atoms. The van der Waals surface area contributed by atoms with E-state index in [4.69, 9.17) is 4.74 Å². The summed E-state index contributed by atoms with van der Waals surface area (Å²) in [7, 11) is -0.194. The fraction of sp³-hybridized carbons (Fsp3) is 0.500. The molecule has 0 saturated carbocycles. The monoisotopic (exact) mass is 363 g/mol. The second kappa shape index (κ2) is 7.17. The molecule has 1 fully saturated rings. The highest BCUT2D eigenvalue weighted by atomic mass is 32.2. The van der Waals surface area contributed by atoms with Crippen molar-refractivity contribution in [3.63, 3.8) is 0 Å². The SMILES string of the molecule is COc1ccc([C@H]2CCCCCN2S(=O)(=O)c2cn(C)c(C)n2)cc1. The Balaban J connectivity index is 1.99. The minimum atomic E-state index is -3.63. The molecule has 3 rings (SSSR count). The van der Waals surface area contributed by atoms with Crippen LogP contribution in [0.3, 0.4) is 0 Å². The molecule has 1 aromatic carbocycles. The van der Waals surface area contributed by atoms with E-state index in [1.54, 1.807) is 22.2 Å². The Kier molecular flexibility index (Phi) is 5.15. The van der Waals surface area contributed by atoms with E-state index in [0.29, 0.717) is 12.4 Å². The summed E-state index contributed by atoms with van der Waals surface area (Å²) in [6.07, 6.45) is 5.35. The summed E-state index contributed by atoms with van der Waals surface area (Å²) < 4.78 is 35.1. The van der Waals surface area contributed by atoms with E-state index < -0.39 is 10.0 Å². The van der Waals surface area contributed by atoms with Crippen molar-refractivity contribution in [2.45, 2.75) is 43.7 Å². The van der Waals surface area contributed by atoms with Crippen LogP contribution >= 0.6 is 0 Å². The van der Waals surface area contributed by atoms with Crippen LogP contribution in [0, 0.1) is 6.92 Å². The molecule has 1 aliphatic heterocycles. The zero-order valence-corrected chi connectivity index (χ0v) is 15.8. The van der Waals surface area contributed by atoms with E-state index in [0.717, 1.165) is 37.0 Å². The summed E-state index contributed by atoms with van der Waals surface area (Å²) in [5, 5.41) is 0.132. The van der Waals surface area contributed by atoms with E-state index in [2.05, 4.69) is 4.98 Å². The Hall–Kier alpha value is -1.86. The highest BCUT2D eigenvalue weighted by Gasteiger charge is 2.35. The Bertz CT molecular complexity index is 808. The maximum absolute atomic E-state index is 13.2. The van der Waals surface area contributed by atoms with Crippen LogP contribution in [0.25, 0.3) is 0 Å². The number of ether oxygens (including phenoxy) is 1. The summed E-state index contributed by atoms with van der Waals surface area (Å²) >= 11 is 0. The average molecular weight is 363 g/mol. The molecule has 7 heteroatoms. The molecule has 0 N–H and O–H groups in total. The Morgan fingerprint density at radius 2 is 1.88 bits per heavy atom. The summed E-state index contributed by atoms with van der Waals surface area (Å²) in [4.78, 5) is 4.26. The fourth-order valence-corrected chi connectivity index (χ4v) is 5.01. The molecule has 0 amide bonds. The number of rotatable bonds is 4. The lowest BCUT2D eigenvalue weighted by molar-refractivity contribution is 0.327. The van der Waals surface area contributed by atoms with Gasteiger partial charge in [-0.2, -0.15) is 4.31 Å². The number of nitrogens with zero attached hydrogens (tertiary/aromatic N) is 3. The number of methoxy groups -OCH3 is 1. The highest BCUT2D eigenvalue weighted by Crippen LogP contribution is 2.35. The Morgan fingerprint density at radius 1 is 1.16 bits per heavy atom. The highest BCUT2D eigenvalue weighted by molar-refractivity contribution is 7.89. The normalized spacial score (nSPS) is 19.6. The van der Waals surface area contributed by atoms with Gasteiger partial charge < -0.3 is 9.30 Å². The number of benzene rings is 1. The van der Waals surface area contributed by atoms with Gasteiger partial charge in [0, 0.05) is 19.8 Å². The molecular formula is C18H25N3O3S. The van der Waals surface area contributed by atoms with E-state index in [-0.39, 0.29) is 11.1 Å². The second-order valence-corrected chi connectivity index (χ2v) is 8.33. The minimum absolute atomic E-state index is 0.132. The predicted octanol–water partition coefficient (Wildman–Crippen LogP) is 3.04. The van der Waals surface area contributed by atoms with Gasteiger partial charge in [0.2, 0.25) is 0 Å². The molecule has 2 aromatic rings. The number of aryl methyl sites for hydroxylation is 2. The fourth-order valence-electron chi connectivity index (χ4n) is 3.30. The Morgan fingerprint density at radius 3 is 2.48 bits per heavy atom. The van der Waals surface area contributed by atoms with Gasteiger partial charge in [-0.1, -0.05) is 25.0 Å². The maximum atomic E-state index is 13.2. The van der Waals surface area contributed by atoms with Gasteiger partial charge in [-0.25, -0.2) is 13.4 Å². The molecule has 1 atom stereocenters. The van der Waals surface area contributed by atoms with Crippen LogP contribution in [0.15, 0.2) is 35.5 Å². The lowest BCUT2D eigenvalue weighted by atomic mass is 10.0. The van der Waals surface area contributed by atoms with Crippen LogP contribution in [0.2, 0.25) is 0 Å². The predicted molar refractivity (Wildman–Crippen MR) is 96.0 cm³/mol. The quantitative estimate of drug-likeness (QED) is 0.837. The van der Waals surface area contributed by atoms with Gasteiger partial charge in [0.25, 0.3) is 10.0 Å². The molecule has 1 aliphatic rings. The van der Waals surface area contributed by atoms with Crippen LogP contribution in [0.5, 0.6) is 5.75 Å². The van der Waals surface area contributed by atoms with Gasteiger partial charge >= 0.3 is 0 Å². The van der Waals surface area contributed by atoms with Crippen molar-refractivity contribution in [2.24, 2.45) is 7.05 Å². The van der Waals surface area contributed by atoms with Crippen LogP contribution in [-0.4, -0.2) is 35.9 Å². The zero-order valence-electron chi connectivity index (χ0n) is 15.0. The second-order valence-electron chi connectivity index (χ2n) is 6.49. The first-order chi connectivity index (χ1) is 11.9. The van der Waals surface area contributed by atoms with Crippen molar-refractivity contribution < 1.29 is 13.2 Å². The van der Waals surface area contributed by atoms with Gasteiger partial charge in [-0.3, -0.25) is 0 Å². The van der Waals surface area contributed by atoms with Gasteiger partial charge in [-0.05, 0) is 37.5 Å². The third-order valence-electron chi connectivity index (χ3n) is 4.86. The zero-order chi connectivity index (χ0) is 18.0. The number of hydrogen-bond donors (Lipinski definition) is 0. The lowest BCUT2D eigenvalue weighted by Crippen LogP contribution is -2.35. The Labute approximate surface area is 149 Å². The number of aromatic nitrogens is 2. The summed E-state index contributed by atoms with van der Waals surface area (Å²) in [5.41, 5.74) is 0.999. The van der Waals surface area contributed by atoms with Crippen LogP contribution in [-0.2, 0) is 17.1 Å². The maximum Gasteiger partial charge on any atom is 0.262 e. The molecule has 0 aliphatic carbocycles. The molecular weight excluding hydrogens is 338 g/mol. The van der Waals surface area contributed by atoms with Crippen LogP contribution in [0.1, 0.15) is 43.1 Å². The molecule has 25 heavy (non-hydrogen) atoms. The lowest BCUT2D eigenvalue weighted by Gasteiger charge is -2.28. The van der Waals surface area contributed by atoms with Crippen LogP contribution in [0.4, 0.5) is 0 Å². The van der Waals surface area contributed by atoms with E-state index >= 15 is 0 Å². The van der Waals surface area contributed by atoms with Crippen molar-refractivity contribution in [2.75, 3.05) is 13.7 Å². The summed E-state index contributed by atoms with van der Waals surface area (Å²) in [5.74, 6) is 1.46. The van der Waals surface area contributed by atoms with Gasteiger partial charge in [0.1, 0.15) is 11.6 Å². The average Bonchev–Trinajstić information content (AvgIpc) is 2.82. The van der Waals surface area contributed by atoms with Crippen LogP contribution < -0.4 is 4.74 Å². The molecule has 0 spiro atoms. The van der Waals surface area contributed by atoms with Gasteiger partial charge in [0.15, 0.2) is 5.03 Å². The number of sulfonamides is 1. The molecule has 1 saturated heterocycles. The molecule has 136 valence electrons. The molecule has 1 aromatic heterocycles. The van der Waals surface area contributed by atoms with Crippen molar-refractivity contribution in [1.29, 1.82) is 0 Å². The van der Waals surface area contributed by atoms with E-state index in [9.17, 15) is 8.42 Å². The van der Waals surface area contributed by atoms with E-state index in [1.807, 2.05) is 38.2 Å². The third kappa shape index (κ3) is 3.57. The summed E-state index contributed by atoms with van der Waals surface area (Å²) in [6.45, 7) is 2.33. The topological polar surface area (TPSA) is 64.4 Å².